The molecule has 5 heteroatoms. The molecule has 172 valence electrons. The van der Waals surface area contributed by atoms with Crippen LogP contribution < -0.4 is 0 Å². The van der Waals surface area contributed by atoms with E-state index in [9.17, 15) is 18.3 Å². The van der Waals surface area contributed by atoms with Gasteiger partial charge in [-0.15, -0.1) is 0 Å². The van der Waals surface area contributed by atoms with Crippen LogP contribution in [-0.4, -0.2) is 17.8 Å². The normalized spacial score (nSPS) is 18.7. The highest BCUT2D eigenvalue weighted by molar-refractivity contribution is 5.71. The van der Waals surface area contributed by atoms with Crippen molar-refractivity contribution in [3.05, 3.63) is 89.8 Å². The zero-order chi connectivity index (χ0) is 23.4. The number of halogens is 3. The summed E-state index contributed by atoms with van der Waals surface area (Å²) in [5.41, 5.74) is 2.67. The molecule has 1 aliphatic rings. The Balaban J connectivity index is 1.46. The third-order valence-corrected chi connectivity index (χ3v) is 6.29. The van der Waals surface area contributed by atoms with Crippen LogP contribution in [0.5, 0.6) is 5.75 Å². The van der Waals surface area contributed by atoms with Crippen molar-refractivity contribution in [1.29, 1.82) is 0 Å². The second-order valence-electron chi connectivity index (χ2n) is 8.45. The second-order valence-corrected chi connectivity index (χ2v) is 8.45. The number of allylic oxidation sites excluding steroid dienone is 2. The molecule has 1 N–H and O–H groups in total. The van der Waals surface area contributed by atoms with Gasteiger partial charge >= 0.3 is 0 Å². The standard InChI is InChI=1S/C28H27F3O2/c1-2-3-4-5-22-12-10-21(17-33-22)23-13-11-20(16-25(23)29)18-6-8-19(9-7-18)24-14-15-26(32)28(31)27(24)30/h2-3,6-9,11,13-16,21-22,32H,4-5,10,12,17H2,1H3/b3-2+. The first kappa shape index (κ1) is 23.1. The lowest BCUT2D eigenvalue weighted by Gasteiger charge is -2.29. The van der Waals surface area contributed by atoms with Gasteiger partial charge < -0.3 is 9.84 Å². The van der Waals surface area contributed by atoms with Crippen LogP contribution in [0.25, 0.3) is 22.3 Å². The van der Waals surface area contributed by atoms with Crippen molar-refractivity contribution in [2.24, 2.45) is 0 Å². The predicted octanol–water partition coefficient (Wildman–Crippen LogP) is 7.76. The first-order valence-corrected chi connectivity index (χ1v) is 11.3. The van der Waals surface area contributed by atoms with Gasteiger partial charge in [-0.1, -0.05) is 48.6 Å². The van der Waals surface area contributed by atoms with Gasteiger partial charge in [0.25, 0.3) is 0 Å². The quantitative estimate of drug-likeness (QED) is 0.387. The molecule has 3 aromatic carbocycles. The Morgan fingerprint density at radius 1 is 0.909 bits per heavy atom. The molecule has 0 spiro atoms. The number of hydrogen-bond acceptors (Lipinski definition) is 2. The van der Waals surface area contributed by atoms with Gasteiger partial charge in [0.05, 0.1) is 12.7 Å². The summed E-state index contributed by atoms with van der Waals surface area (Å²) in [5, 5.41) is 9.30. The Morgan fingerprint density at radius 3 is 2.30 bits per heavy atom. The number of ether oxygens (including phenoxy) is 1. The maximum atomic E-state index is 15.0. The number of aromatic hydroxyl groups is 1. The maximum Gasteiger partial charge on any atom is 0.200 e. The molecule has 1 fully saturated rings. The van der Waals surface area contributed by atoms with Crippen LogP contribution >= 0.6 is 0 Å². The smallest absolute Gasteiger partial charge is 0.200 e. The largest absolute Gasteiger partial charge is 0.505 e. The summed E-state index contributed by atoms with van der Waals surface area (Å²) in [6.07, 6.45) is 8.25. The van der Waals surface area contributed by atoms with Gasteiger partial charge in [0.15, 0.2) is 11.6 Å². The Morgan fingerprint density at radius 2 is 1.64 bits per heavy atom. The minimum absolute atomic E-state index is 0.0479. The first-order valence-electron chi connectivity index (χ1n) is 11.3. The lowest BCUT2D eigenvalue weighted by Crippen LogP contribution is -2.25. The maximum absolute atomic E-state index is 15.0. The molecule has 0 radical (unpaired) electrons. The van der Waals surface area contributed by atoms with Crippen LogP contribution in [-0.2, 0) is 4.74 Å². The van der Waals surface area contributed by atoms with E-state index in [-0.39, 0.29) is 23.4 Å². The van der Waals surface area contributed by atoms with Crippen LogP contribution in [0.15, 0.2) is 66.7 Å². The Hall–Kier alpha value is -3.05. The van der Waals surface area contributed by atoms with Crippen molar-refractivity contribution in [3.8, 4) is 28.0 Å². The summed E-state index contributed by atoms with van der Waals surface area (Å²) in [6.45, 7) is 2.54. The SMILES string of the molecule is C/C=C/CCC1CCC(c2ccc(-c3ccc(-c4ccc(O)c(F)c4F)cc3)cc2F)CO1. The molecule has 4 rings (SSSR count). The topological polar surface area (TPSA) is 29.5 Å². The molecule has 2 atom stereocenters. The van der Waals surface area contributed by atoms with Crippen molar-refractivity contribution in [1.82, 2.24) is 0 Å². The fourth-order valence-corrected chi connectivity index (χ4v) is 4.37. The molecule has 2 nitrogen and oxygen atoms in total. The molecule has 0 saturated carbocycles. The summed E-state index contributed by atoms with van der Waals surface area (Å²) in [6, 6.07) is 14.5. The Labute approximate surface area is 192 Å². The van der Waals surface area contributed by atoms with Crippen LogP contribution in [0.2, 0.25) is 0 Å². The Bertz CT molecular complexity index is 1130. The number of phenols is 1. The molecule has 0 bridgehead atoms. The average Bonchev–Trinajstić information content (AvgIpc) is 2.83. The number of phenolic OH excluding ortho intramolecular Hbond substituents is 1. The van der Waals surface area contributed by atoms with Crippen LogP contribution in [0.1, 0.15) is 44.1 Å². The zero-order valence-electron chi connectivity index (χ0n) is 18.5. The van der Waals surface area contributed by atoms with Crippen molar-refractivity contribution >= 4 is 0 Å². The van der Waals surface area contributed by atoms with E-state index in [2.05, 4.69) is 6.08 Å². The lowest BCUT2D eigenvalue weighted by atomic mass is 9.89. The molecular weight excluding hydrogens is 425 g/mol. The first-order chi connectivity index (χ1) is 16.0. The molecule has 1 saturated heterocycles. The summed E-state index contributed by atoms with van der Waals surface area (Å²) in [7, 11) is 0. The van der Waals surface area contributed by atoms with E-state index in [1.54, 1.807) is 24.3 Å². The predicted molar refractivity (Wildman–Crippen MR) is 125 cm³/mol. The highest BCUT2D eigenvalue weighted by atomic mass is 19.2. The van der Waals surface area contributed by atoms with Gasteiger partial charge in [0.1, 0.15) is 5.82 Å². The average molecular weight is 453 g/mol. The second kappa shape index (κ2) is 10.3. The zero-order valence-corrected chi connectivity index (χ0v) is 18.5. The van der Waals surface area contributed by atoms with E-state index in [0.717, 1.165) is 37.3 Å². The van der Waals surface area contributed by atoms with E-state index in [4.69, 9.17) is 4.74 Å². The van der Waals surface area contributed by atoms with Gasteiger partial charge in [-0.3, -0.25) is 0 Å². The van der Waals surface area contributed by atoms with Crippen LogP contribution in [0.4, 0.5) is 13.2 Å². The number of rotatable bonds is 6. The van der Waals surface area contributed by atoms with Crippen molar-refractivity contribution in [3.63, 3.8) is 0 Å². The monoisotopic (exact) mass is 452 g/mol. The highest BCUT2D eigenvalue weighted by Crippen LogP contribution is 2.34. The lowest BCUT2D eigenvalue weighted by molar-refractivity contribution is -0.000797. The van der Waals surface area contributed by atoms with Gasteiger partial charge in [-0.05, 0) is 73.1 Å². The van der Waals surface area contributed by atoms with Crippen LogP contribution in [0, 0.1) is 17.5 Å². The molecule has 0 aliphatic carbocycles. The fraction of sp³-hybridized carbons (Fsp3) is 0.286. The van der Waals surface area contributed by atoms with E-state index in [1.807, 2.05) is 25.1 Å². The Kier molecular flexibility index (Phi) is 7.19. The number of hydrogen-bond donors (Lipinski definition) is 1. The molecule has 2 unspecified atom stereocenters. The third kappa shape index (κ3) is 5.14. The van der Waals surface area contributed by atoms with E-state index >= 15 is 0 Å². The van der Waals surface area contributed by atoms with E-state index in [1.165, 1.54) is 12.1 Å². The summed E-state index contributed by atoms with van der Waals surface area (Å²) < 4.78 is 48.8. The van der Waals surface area contributed by atoms with Gasteiger partial charge in [0, 0.05) is 11.5 Å². The minimum Gasteiger partial charge on any atom is -0.505 e. The summed E-state index contributed by atoms with van der Waals surface area (Å²) >= 11 is 0. The molecule has 0 amide bonds. The molecular formula is C28H27F3O2. The number of benzene rings is 3. The van der Waals surface area contributed by atoms with Crippen molar-refractivity contribution in [2.45, 2.75) is 44.6 Å². The van der Waals surface area contributed by atoms with Crippen molar-refractivity contribution < 1.29 is 23.0 Å². The molecule has 3 aromatic rings. The van der Waals surface area contributed by atoms with Crippen molar-refractivity contribution in [2.75, 3.05) is 6.61 Å². The third-order valence-electron chi connectivity index (χ3n) is 6.29. The van der Waals surface area contributed by atoms with E-state index < -0.39 is 17.4 Å². The summed E-state index contributed by atoms with van der Waals surface area (Å²) in [4.78, 5) is 0. The van der Waals surface area contributed by atoms with Gasteiger partial charge in [-0.2, -0.15) is 4.39 Å². The summed E-state index contributed by atoms with van der Waals surface area (Å²) in [5.74, 6) is -3.31. The minimum atomic E-state index is -1.27. The van der Waals surface area contributed by atoms with Gasteiger partial charge in [-0.25, -0.2) is 8.78 Å². The van der Waals surface area contributed by atoms with Gasteiger partial charge in [0.2, 0.25) is 5.82 Å². The van der Waals surface area contributed by atoms with E-state index in [0.29, 0.717) is 23.3 Å². The molecule has 33 heavy (non-hydrogen) atoms. The fourth-order valence-electron chi connectivity index (χ4n) is 4.37. The van der Waals surface area contributed by atoms with Crippen LogP contribution in [0.3, 0.4) is 0 Å². The molecule has 0 aromatic heterocycles. The molecule has 1 aliphatic heterocycles. The highest BCUT2D eigenvalue weighted by Gasteiger charge is 2.24. The molecule has 1 heterocycles.